The van der Waals surface area contributed by atoms with Crippen LogP contribution < -0.4 is 10.5 Å². The van der Waals surface area contributed by atoms with E-state index >= 15 is 0 Å². The van der Waals surface area contributed by atoms with Gasteiger partial charge in [0.2, 0.25) is 0 Å². The van der Waals surface area contributed by atoms with E-state index in [0.717, 1.165) is 23.3 Å². The monoisotopic (exact) mass is 487 g/mol. The summed E-state index contributed by atoms with van der Waals surface area (Å²) in [6.07, 6.45) is 2.28. The Labute approximate surface area is 208 Å². The number of benzene rings is 2. The van der Waals surface area contributed by atoms with Crippen LogP contribution in [-0.2, 0) is 4.74 Å². The number of ether oxygens (including phenoxy) is 2. The Hall–Kier alpha value is -4.27. The molecule has 1 atom stereocenters. The fourth-order valence-corrected chi connectivity index (χ4v) is 4.48. The zero-order chi connectivity index (χ0) is 25.4. The summed E-state index contributed by atoms with van der Waals surface area (Å²) in [6, 6.07) is 16.9. The van der Waals surface area contributed by atoms with Gasteiger partial charge in [-0.25, -0.2) is 14.3 Å². The molecule has 2 aromatic heterocycles. The van der Waals surface area contributed by atoms with Gasteiger partial charge in [0.25, 0.3) is 5.91 Å². The molecule has 1 aliphatic rings. The molecule has 9 nitrogen and oxygen atoms in total. The molecule has 36 heavy (non-hydrogen) atoms. The van der Waals surface area contributed by atoms with Gasteiger partial charge in [-0.05, 0) is 63.6 Å². The number of rotatable bonds is 5. The fraction of sp³-hybridized carbons (Fsp3) is 0.296. The lowest BCUT2D eigenvalue weighted by molar-refractivity contribution is 0.0292. The number of likely N-dealkylation sites (tertiary alicyclic amines) is 1. The molecule has 2 amide bonds. The van der Waals surface area contributed by atoms with E-state index in [2.05, 4.69) is 5.10 Å². The van der Waals surface area contributed by atoms with Crippen LogP contribution in [0.5, 0.6) is 11.5 Å². The molecule has 9 heteroatoms. The number of imidazole rings is 1. The third-order valence-electron chi connectivity index (χ3n) is 6.10. The highest BCUT2D eigenvalue weighted by molar-refractivity contribution is 5.98. The SMILES string of the molecule is CC(C)(C)OC(=O)N1CCC(c2c[nH]n3c(C(N)=O)c(-c4ccc(Oc5ccccc5)cc4)nc23)C1. The van der Waals surface area contributed by atoms with Crippen molar-refractivity contribution in [3.8, 4) is 22.8 Å². The topological polar surface area (TPSA) is 115 Å². The molecule has 0 radical (unpaired) electrons. The molecule has 1 saturated heterocycles. The number of hydrogen-bond donors (Lipinski definition) is 2. The lowest BCUT2D eigenvalue weighted by Gasteiger charge is -2.24. The Balaban J connectivity index is 1.41. The summed E-state index contributed by atoms with van der Waals surface area (Å²) < 4.78 is 13.0. The van der Waals surface area contributed by atoms with Gasteiger partial charge in [0.1, 0.15) is 22.8 Å². The van der Waals surface area contributed by atoms with E-state index in [4.69, 9.17) is 20.2 Å². The van der Waals surface area contributed by atoms with Gasteiger partial charge in [-0.3, -0.25) is 9.89 Å². The van der Waals surface area contributed by atoms with Gasteiger partial charge in [-0.2, -0.15) is 0 Å². The van der Waals surface area contributed by atoms with Gasteiger partial charge in [0.15, 0.2) is 11.3 Å². The van der Waals surface area contributed by atoms with Crippen LogP contribution in [0.4, 0.5) is 4.79 Å². The molecule has 1 unspecified atom stereocenters. The molecular formula is C27H29N5O4. The van der Waals surface area contributed by atoms with E-state index in [-0.39, 0.29) is 17.7 Å². The first-order valence-corrected chi connectivity index (χ1v) is 11.9. The van der Waals surface area contributed by atoms with Crippen LogP contribution in [0, 0.1) is 0 Å². The highest BCUT2D eigenvalue weighted by Crippen LogP contribution is 2.34. The van der Waals surface area contributed by atoms with E-state index in [1.54, 1.807) is 9.42 Å². The molecule has 4 aromatic rings. The van der Waals surface area contributed by atoms with Crippen LogP contribution in [-0.4, -0.2) is 50.2 Å². The van der Waals surface area contributed by atoms with Crippen molar-refractivity contribution < 1.29 is 19.1 Å². The number of primary amides is 1. The smallest absolute Gasteiger partial charge is 0.410 e. The number of nitrogens with two attached hydrogens (primary N) is 1. The van der Waals surface area contributed by atoms with E-state index < -0.39 is 11.5 Å². The Bertz CT molecular complexity index is 1400. The molecule has 0 bridgehead atoms. The number of para-hydroxylation sites is 1. The number of carbonyl (C=O) groups is 2. The van der Waals surface area contributed by atoms with Crippen LogP contribution in [0.25, 0.3) is 16.9 Å². The summed E-state index contributed by atoms with van der Waals surface area (Å²) in [4.78, 5) is 31.5. The van der Waals surface area contributed by atoms with Crippen molar-refractivity contribution in [3.05, 3.63) is 72.1 Å². The van der Waals surface area contributed by atoms with Gasteiger partial charge >= 0.3 is 6.09 Å². The number of nitrogens with zero attached hydrogens (tertiary/aromatic N) is 3. The number of fused-ring (bicyclic) bond motifs is 1. The van der Waals surface area contributed by atoms with E-state index in [1.165, 1.54) is 0 Å². The first-order chi connectivity index (χ1) is 17.2. The molecule has 1 fully saturated rings. The van der Waals surface area contributed by atoms with Crippen LogP contribution in [0.1, 0.15) is 49.2 Å². The summed E-state index contributed by atoms with van der Waals surface area (Å²) in [6.45, 7) is 6.67. The third-order valence-corrected chi connectivity index (χ3v) is 6.10. The minimum absolute atomic E-state index is 0.0592. The molecule has 3 N–H and O–H groups in total. The zero-order valence-corrected chi connectivity index (χ0v) is 20.5. The van der Waals surface area contributed by atoms with E-state index in [9.17, 15) is 9.59 Å². The van der Waals surface area contributed by atoms with Crippen molar-refractivity contribution in [3.63, 3.8) is 0 Å². The lowest BCUT2D eigenvalue weighted by atomic mass is 10.0. The lowest BCUT2D eigenvalue weighted by Crippen LogP contribution is -2.35. The predicted molar refractivity (Wildman–Crippen MR) is 135 cm³/mol. The Morgan fingerprint density at radius 3 is 2.42 bits per heavy atom. The fourth-order valence-electron chi connectivity index (χ4n) is 4.48. The second-order valence-corrected chi connectivity index (χ2v) is 9.91. The average molecular weight is 488 g/mol. The number of carbonyl (C=O) groups excluding carboxylic acids is 2. The van der Waals surface area contributed by atoms with Gasteiger partial charge in [-0.1, -0.05) is 18.2 Å². The summed E-state index contributed by atoms with van der Waals surface area (Å²) in [5.74, 6) is 0.880. The molecule has 1 aliphatic heterocycles. The number of aromatic nitrogens is 3. The van der Waals surface area contributed by atoms with Gasteiger partial charge in [0.05, 0.1) is 0 Å². The van der Waals surface area contributed by atoms with Crippen LogP contribution >= 0.6 is 0 Å². The zero-order valence-electron chi connectivity index (χ0n) is 20.5. The molecule has 5 rings (SSSR count). The third kappa shape index (κ3) is 4.64. The summed E-state index contributed by atoms with van der Waals surface area (Å²) in [5.41, 5.74) is 8.28. The number of hydrogen-bond acceptors (Lipinski definition) is 5. The molecule has 0 aliphatic carbocycles. The Kier molecular flexibility index (Phi) is 5.91. The maximum Gasteiger partial charge on any atom is 0.410 e. The first kappa shape index (κ1) is 23.5. The molecule has 3 heterocycles. The van der Waals surface area contributed by atoms with Crippen LogP contribution in [0.15, 0.2) is 60.8 Å². The Morgan fingerprint density at radius 2 is 1.75 bits per heavy atom. The largest absolute Gasteiger partial charge is 0.457 e. The van der Waals surface area contributed by atoms with Gasteiger partial charge in [-0.15, -0.1) is 0 Å². The van der Waals surface area contributed by atoms with Crippen molar-refractivity contribution in [2.45, 2.75) is 38.7 Å². The predicted octanol–water partition coefficient (Wildman–Crippen LogP) is 4.95. The van der Waals surface area contributed by atoms with Gasteiger partial charge in [0, 0.05) is 36.3 Å². The summed E-state index contributed by atoms with van der Waals surface area (Å²) in [5, 5.41) is 3.13. The second kappa shape index (κ2) is 9.07. The summed E-state index contributed by atoms with van der Waals surface area (Å²) in [7, 11) is 0. The highest BCUT2D eigenvalue weighted by atomic mass is 16.6. The minimum Gasteiger partial charge on any atom is -0.457 e. The van der Waals surface area contributed by atoms with Crippen molar-refractivity contribution >= 4 is 17.6 Å². The maximum absolute atomic E-state index is 12.5. The van der Waals surface area contributed by atoms with Crippen LogP contribution in [0.3, 0.4) is 0 Å². The standard InChI is InChI=1S/C27H29N5O4/c1-27(2,3)36-26(34)31-14-13-18(16-31)21-15-29-32-23(24(28)33)22(30-25(21)32)17-9-11-20(12-10-17)35-19-7-5-4-6-8-19/h4-12,15,18,29H,13-14,16H2,1-3H3,(H2,28,33). The highest BCUT2D eigenvalue weighted by Gasteiger charge is 2.33. The molecule has 0 saturated carbocycles. The van der Waals surface area contributed by atoms with Crippen molar-refractivity contribution in [1.29, 1.82) is 0 Å². The molecule has 0 spiro atoms. The second-order valence-electron chi connectivity index (χ2n) is 9.91. The Morgan fingerprint density at radius 1 is 1.06 bits per heavy atom. The van der Waals surface area contributed by atoms with Crippen molar-refractivity contribution in [2.75, 3.05) is 13.1 Å². The quantitative estimate of drug-likeness (QED) is 0.414. The number of H-pyrrole nitrogens is 1. The minimum atomic E-state index is -0.586. The van der Waals surface area contributed by atoms with Crippen LogP contribution in [0.2, 0.25) is 0 Å². The number of amides is 2. The number of nitrogens with one attached hydrogen (secondary N) is 1. The summed E-state index contributed by atoms with van der Waals surface area (Å²) >= 11 is 0. The van der Waals surface area contributed by atoms with Crippen molar-refractivity contribution in [1.82, 2.24) is 19.5 Å². The normalized spacial score (nSPS) is 15.9. The maximum atomic E-state index is 12.5. The average Bonchev–Trinajstić information content (AvgIpc) is 3.54. The van der Waals surface area contributed by atoms with E-state index in [1.807, 2.05) is 81.6 Å². The number of aromatic amines is 1. The molecular weight excluding hydrogens is 458 g/mol. The van der Waals surface area contributed by atoms with Crippen molar-refractivity contribution in [2.24, 2.45) is 5.73 Å². The van der Waals surface area contributed by atoms with Gasteiger partial charge < -0.3 is 20.1 Å². The first-order valence-electron chi connectivity index (χ1n) is 11.9. The molecule has 186 valence electrons. The molecule has 2 aromatic carbocycles. The van der Waals surface area contributed by atoms with E-state index in [0.29, 0.717) is 30.2 Å².